The van der Waals surface area contributed by atoms with Crippen molar-refractivity contribution in [3.63, 3.8) is 0 Å². The molecule has 0 aromatic rings. The van der Waals surface area contributed by atoms with E-state index in [0.717, 1.165) is 43.3 Å². The van der Waals surface area contributed by atoms with Gasteiger partial charge in [-0.25, -0.2) is 0 Å². The first-order valence-electron chi connectivity index (χ1n) is 10.3. The highest BCUT2D eigenvalue weighted by atomic mass is 32.2. The van der Waals surface area contributed by atoms with Gasteiger partial charge in [-0.1, -0.05) is 31.4 Å². The fraction of sp³-hybridized carbons (Fsp3) is 0.909. The molecule has 0 fully saturated rings. The van der Waals surface area contributed by atoms with Crippen LogP contribution in [0.15, 0.2) is 12.2 Å². The van der Waals surface area contributed by atoms with Crippen LogP contribution in [0.3, 0.4) is 0 Å². The molecule has 0 aliphatic heterocycles. The number of thiol groups is 1. The lowest BCUT2D eigenvalue weighted by Crippen LogP contribution is -2.30. The summed E-state index contributed by atoms with van der Waals surface area (Å²) in [6, 6.07) is 0. The number of rotatable bonds is 17. The lowest BCUT2D eigenvalue weighted by molar-refractivity contribution is -0.0622. The quantitative estimate of drug-likeness (QED) is 0.161. The first-order valence-corrected chi connectivity index (χ1v) is 12.1. The number of hydrogen-bond acceptors (Lipinski definition) is 4. The lowest BCUT2D eigenvalue weighted by atomic mass is 10.1. The molecule has 0 saturated carbocycles. The molecule has 0 radical (unpaired) electrons. The van der Waals surface area contributed by atoms with E-state index in [1.54, 1.807) is 0 Å². The minimum atomic E-state index is -0.109. The average Bonchev–Trinajstić information content (AvgIpc) is 2.52. The Morgan fingerprint density at radius 2 is 1.50 bits per heavy atom. The van der Waals surface area contributed by atoms with Crippen LogP contribution in [0.1, 0.15) is 86.0 Å². The summed E-state index contributed by atoms with van der Waals surface area (Å²) in [7, 11) is 0. The zero-order valence-corrected chi connectivity index (χ0v) is 19.8. The smallest absolute Gasteiger partial charge is 0.0648 e. The molecule has 0 N–H and O–H groups in total. The summed E-state index contributed by atoms with van der Waals surface area (Å²) in [4.78, 5) is 0. The second-order valence-corrected chi connectivity index (χ2v) is 10.3. The van der Waals surface area contributed by atoms with Crippen molar-refractivity contribution in [2.45, 2.75) is 97.2 Å². The SMILES string of the molecule is C=C(CCCCCCCS)CCSCCOC(C)(C)CCOC(C)(C)C. The Labute approximate surface area is 173 Å². The highest BCUT2D eigenvalue weighted by Gasteiger charge is 2.20. The third-order valence-corrected chi connectivity index (χ3v) is 5.51. The van der Waals surface area contributed by atoms with Crippen LogP contribution in [-0.4, -0.2) is 41.7 Å². The molecule has 0 unspecified atom stereocenters. The molecule has 0 amide bonds. The summed E-state index contributed by atoms with van der Waals surface area (Å²) < 4.78 is 11.8. The first kappa shape index (κ1) is 26.4. The molecule has 0 atom stereocenters. The van der Waals surface area contributed by atoms with Gasteiger partial charge in [0.05, 0.1) is 17.8 Å². The Hall–Kier alpha value is 0.360. The van der Waals surface area contributed by atoms with E-state index in [2.05, 4.69) is 53.8 Å². The van der Waals surface area contributed by atoms with Crippen molar-refractivity contribution < 1.29 is 9.47 Å². The van der Waals surface area contributed by atoms with Crippen LogP contribution in [0.25, 0.3) is 0 Å². The maximum atomic E-state index is 6.03. The molecule has 0 heterocycles. The highest BCUT2D eigenvalue weighted by molar-refractivity contribution is 7.99. The van der Waals surface area contributed by atoms with E-state index in [0.29, 0.717) is 0 Å². The van der Waals surface area contributed by atoms with Crippen LogP contribution in [-0.2, 0) is 9.47 Å². The molecule has 0 spiro atoms. The molecular formula is C22H44O2S2. The number of unbranched alkanes of at least 4 members (excludes halogenated alkanes) is 4. The third kappa shape index (κ3) is 19.1. The van der Waals surface area contributed by atoms with Crippen LogP contribution in [0.2, 0.25) is 0 Å². The maximum absolute atomic E-state index is 6.03. The van der Waals surface area contributed by atoms with Crippen LogP contribution >= 0.6 is 24.4 Å². The maximum Gasteiger partial charge on any atom is 0.0648 e. The van der Waals surface area contributed by atoms with Crippen molar-refractivity contribution in [3.05, 3.63) is 12.2 Å². The van der Waals surface area contributed by atoms with Gasteiger partial charge in [-0.05, 0) is 78.2 Å². The van der Waals surface area contributed by atoms with E-state index in [1.165, 1.54) is 44.1 Å². The van der Waals surface area contributed by atoms with Crippen molar-refractivity contribution in [2.75, 3.05) is 30.5 Å². The van der Waals surface area contributed by atoms with Gasteiger partial charge < -0.3 is 9.47 Å². The molecule has 0 bridgehead atoms. The molecule has 156 valence electrons. The van der Waals surface area contributed by atoms with Crippen molar-refractivity contribution in [1.82, 2.24) is 0 Å². The summed E-state index contributed by atoms with van der Waals surface area (Å²) in [5, 5.41) is 0. The van der Waals surface area contributed by atoms with Crippen molar-refractivity contribution in [2.24, 2.45) is 0 Å². The summed E-state index contributed by atoms with van der Waals surface area (Å²) in [5.41, 5.74) is 1.23. The van der Waals surface area contributed by atoms with Gasteiger partial charge in [0.2, 0.25) is 0 Å². The van der Waals surface area contributed by atoms with Crippen molar-refractivity contribution in [1.29, 1.82) is 0 Å². The van der Waals surface area contributed by atoms with E-state index < -0.39 is 0 Å². The van der Waals surface area contributed by atoms with Crippen LogP contribution in [0, 0.1) is 0 Å². The molecule has 0 aromatic heterocycles. The minimum absolute atomic E-state index is 0.0687. The number of ether oxygens (including phenoxy) is 2. The van der Waals surface area contributed by atoms with Gasteiger partial charge in [0.1, 0.15) is 0 Å². The van der Waals surface area contributed by atoms with E-state index in [4.69, 9.17) is 9.47 Å². The van der Waals surface area contributed by atoms with Gasteiger partial charge in [0, 0.05) is 12.4 Å². The molecule has 0 rings (SSSR count). The lowest BCUT2D eigenvalue weighted by Gasteiger charge is -2.27. The van der Waals surface area contributed by atoms with Gasteiger partial charge in [-0.15, -0.1) is 0 Å². The number of allylic oxidation sites excluding steroid dienone is 1. The number of thioether (sulfide) groups is 1. The molecule has 0 aliphatic rings. The Kier molecular flexibility index (Phi) is 15.5. The predicted molar refractivity (Wildman–Crippen MR) is 123 cm³/mol. The Morgan fingerprint density at radius 1 is 0.846 bits per heavy atom. The van der Waals surface area contributed by atoms with E-state index >= 15 is 0 Å². The van der Waals surface area contributed by atoms with E-state index in [1.807, 2.05) is 11.8 Å². The van der Waals surface area contributed by atoms with Crippen molar-refractivity contribution >= 4 is 24.4 Å². The molecule has 0 aliphatic carbocycles. The zero-order valence-electron chi connectivity index (χ0n) is 18.1. The summed E-state index contributed by atoms with van der Waals surface area (Å²) in [5.74, 6) is 3.24. The van der Waals surface area contributed by atoms with Gasteiger partial charge in [0.15, 0.2) is 0 Å². The standard InChI is InChI=1S/C22H44O2S2/c1-20(12-10-8-7-9-11-17-25)13-18-26-19-16-24-22(5,6)14-15-23-21(2,3)4/h25H,1,7-19H2,2-6H3. The van der Waals surface area contributed by atoms with Crippen LogP contribution < -0.4 is 0 Å². The average molecular weight is 405 g/mol. The van der Waals surface area contributed by atoms with E-state index in [-0.39, 0.29) is 11.2 Å². The largest absolute Gasteiger partial charge is 0.376 e. The summed E-state index contributed by atoms with van der Waals surface area (Å²) in [6.45, 7) is 16.4. The van der Waals surface area contributed by atoms with Gasteiger partial charge in [0.25, 0.3) is 0 Å². The van der Waals surface area contributed by atoms with Crippen LogP contribution in [0.5, 0.6) is 0 Å². The minimum Gasteiger partial charge on any atom is -0.376 e. The topological polar surface area (TPSA) is 18.5 Å². The fourth-order valence-corrected chi connectivity index (χ4v) is 3.57. The Bertz CT molecular complexity index is 349. The molecule has 26 heavy (non-hydrogen) atoms. The van der Waals surface area contributed by atoms with Crippen molar-refractivity contribution in [3.8, 4) is 0 Å². The summed E-state index contributed by atoms with van der Waals surface area (Å²) in [6.07, 6.45) is 9.82. The van der Waals surface area contributed by atoms with Crippen LogP contribution in [0.4, 0.5) is 0 Å². The molecule has 0 aromatic carbocycles. The molecule has 2 nitrogen and oxygen atoms in total. The van der Waals surface area contributed by atoms with Gasteiger partial charge in [-0.2, -0.15) is 24.4 Å². The fourth-order valence-electron chi connectivity index (χ4n) is 2.51. The second-order valence-electron chi connectivity index (χ2n) is 8.67. The molecule has 0 saturated heterocycles. The highest BCUT2D eigenvalue weighted by Crippen LogP contribution is 2.19. The Balaban J connectivity index is 3.51. The predicted octanol–water partition coefficient (Wildman–Crippen LogP) is 6.94. The van der Waals surface area contributed by atoms with E-state index in [9.17, 15) is 0 Å². The molecular weight excluding hydrogens is 360 g/mol. The Morgan fingerprint density at radius 3 is 2.15 bits per heavy atom. The number of hydrogen-bond donors (Lipinski definition) is 1. The first-order chi connectivity index (χ1) is 12.2. The molecule has 4 heteroatoms. The monoisotopic (exact) mass is 404 g/mol. The second kappa shape index (κ2) is 15.3. The van der Waals surface area contributed by atoms with Gasteiger partial charge in [-0.3, -0.25) is 0 Å². The summed E-state index contributed by atoms with van der Waals surface area (Å²) >= 11 is 6.23. The zero-order chi connectivity index (χ0) is 19.9. The van der Waals surface area contributed by atoms with Gasteiger partial charge >= 0.3 is 0 Å². The third-order valence-electron chi connectivity index (χ3n) is 4.25. The normalized spacial score (nSPS) is 12.5.